The third kappa shape index (κ3) is 3.95. The lowest BCUT2D eigenvalue weighted by Crippen LogP contribution is -2.16. The topological polar surface area (TPSA) is 22.0 Å². The van der Waals surface area contributed by atoms with Crippen LogP contribution < -0.4 is 5.43 Å². The number of para-hydroxylation sites is 1. The lowest BCUT2D eigenvalue weighted by Gasteiger charge is -2.24. The van der Waals surface area contributed by atoms with Crippen LogP contribution in [0.5, 0.6) is 0 Å². The summed E-state index contributed by atoms with van der Waals surface area (Å²) in [6, 6.07) is 34.4. The maximum atomic E-state index is 12.5. The molecular formula is C25H21NOS. The molecular weight excluding hydrogens is 362 g/mol. The fourth-order valence-corrected chi connectivity index (χ4v) is 4.58. The Morgan fingerprint density at radius 3 is 1.96 bits per heavy atom. The number of benzene rings is 3. The second-order valence-electron chi connectivity index (χ2n) is 6.65. The molecule has 1 aromatic heterocycles. The van der Waals surface area contributed by atoms with Crippen LogP contribution in [0, 0.1) is 6.92 Å². The van der Waals surface area contributed by atoms with Crippen LogP contribution >= 0.6 is 11.8 Å². The van der Waals surface area contributed by atoms with E-state index in [1.807, 2.05) is 49.4 Å². The first-order chi connectivity index (χ1) is 13.7. The highest BCUT2D eigenvalue weighted by Crippen LogP contribution is 2.40. The molecule has 1 heterocycles. The van der Waals surface area contributed by atoms with Crippen molar-refractivity contribution in [3.8, 4) is 5.69 Å². The Balaban J connectivity index is 1.92. The minimum absolute atomic E-state index is 0.00333. The van der Waals surface area contributed by atoms with Crippen molar-refractivity contribution in [2.24, 2.45) is 0 Å². The normalized spacial score (nSPS) is 11.9. The quantitative estimate of drug-likeness (QED) is 0.393. The SMILES string of the molecule is Cc1cc(=O)cc(C(Sc2ccccc2)c2ccccc2)n1-c1ccccc1. The van der Waals surface area contributed by atoms with Crippen LogP contribution in [0.1, 0.15) is 22.2 Å². The standard InChI is InChI=1S/C25H21NOS/c1-19-17-22(27)18-24(26(19)21-13-7-3-8-14-21)25(20-11-5-2-6-12-20)28-23-15-9-4-10-16-23/h2-18,25H,1H3. The molecule has 4 aromatic rings. The van der Waals surface area contributed by atoms with Crippen molar-refractivity contribution in [1.29, 1.82) is 0 Å². The van der Waals surface area contributed by atoms with Gasteiger partial charge >= 0.3 is 0 Å². The van der Waals surface area contributed by atoms with Gasteiger partial charge in [-0.25, -0.2) is 0 Å². The largest absolute Gasteiger partial charge is 0.316 e. The van der Waals surface area contributed by atoms with Crippen molar-refractivity contribution in [2.45, 2.75) is 17.1 Å². The van der Waals surface area contributed by atoms with Crippen LogP contribution in [0.3, 0.4) is 0 Å². The molecule has 0 saturated heterocycles. The Bertz CT molecular complexity index is 1110. The molecule has 3 aromatic carbocycles. The summed E-state index contributed by atoms with van der Waals surface area (Å²) in [5.41, 5.74) is 4.18. The van der Waals surface area contributed by atoms with Gasteiger partial charge in [0.25, 0.3) is 0 Å². The van der Waals surface area contributed by atoms with E-state index in [-0.39, 0.29) is 10.7 Å². The Kier molecular flexibility index (Phi) is 5.45. The summed E-state index contributed by atoms with van der Waals surface area (Å²) in [7, 11) is 0. The summed E-state index contributed by atoms with van der Waals surface area (Å²) >= 11 is 1.76. The third-order valence-corrected chi connectivity index (χ3v) is 5.93. The van der Waals surface area contributed by atoms with Gasteiger partial charge in [0, 0.05) is 34.1 Å². The van der Waals surface area contributed by atoms with Crippen molar-refractivity contribution in [3.63, 3.8) is 0 Å². The van der Waals surface area contributed by atoms with Gasteiger partial charge in [0.2, 0.25) is 0 Å². The minimum atomic E-state index is -0.00333. The van der Waals surface area contributed by atoms with Crippen LogP contribution in [0.2, 0.25) is 0 Å². The van der Waals surface area contributed by atoms with Crippen molar-refractivity contribution in [3.05, 3.63) is 130 Å². The monoisotopic (exact) mass is 383 g/mol. The van der Waals surface area contributed by atoms with Crippen LogP contribution in [-0.4, -0.2) is 4.57 Å². The van der Waals surface area contributed by atoms with Gasteiger partial charge in [-0.3, -0.25) is 4.79 Å². The molecule has 1 atom stereocenters. The van der Waals surface area contributed by atoms with Gasteiger partial charge in [0.05, 0.1) is 5.25 Å². The van der Waals surface area contributed by atoms with E-state index >= 15 is 0 Å². The molecule has 2 nitrogen and oxygen atoms in total. The van der Waals surface area contributed by atoms with Gasteiger partial charge < -0.3 is 4.57 Å². The van der Waals surface area contributed by atoms with Crippen LogP contribution in [0.4, 0.5) is 0 Å². The summed E-state index contributed by atoms with van der Waals surface area (Å²) in [4.78, 5) is 13.6. The average Bonchev–Trinajstić information content (AvgIpc) is 2.73. The second-order valence-corrected chi connectivity index (χ2v) is 7.83. The van der Waals surface area contributed by atoms with Crippen LogP contribution in [-0.2, 0) is 0 Å². The first-order valence-electron chi connectivity index (χ1n) is 9.28. The van der Waals surface area contributed by atoms with Crippen molar-refractivity contribution in [2.75, 3.05) is 0 Å². The fraction of sp³-hybridized carbons (Fsp3) is 0.0800. The Hall–Kier alpha value is -3.04. The molecule has 0 saturated carbocycles. The number of hydrogen-bond donors (Lipinski definition) is 0. The molecule has 0 aliphatic rings. The Morgan fingerprint density at radius 2 is 1.32 bits per heavy atom. The van der Waals surface area contributed by atoms with Gasteiger partial charge in [0.15, 0.2) is 5.43 Å². The van der Waals surface area contributed by atoms with E-state index < -0.39 is 0 Å². The van der Waals surface area contributed by atoms with Crippen molar-refractivity contribution in [1.82, 2.24) is 4.57 Å². The van der Waals surface area contributed by atoms with Gasteiger partial charge in [-0.2, -0.15) is 0 Å². The van der Waals surface area contributed by atoms with Gasteiger partial charge in [-0.05, 0) is 36.8 Å². The van der Waals surface area contributed by atoms with Gasteiger partial charge in [0.1, 0.15) is 0 Å². The number of hydrogen-bond acceptors (Lipinski definition) is 2. The Morgan fingerprint density at radius 1 is 0.750 bits per heavy atom. The predicted molar refractivity (Wildman–Crippen MR) is 117 cm³/mol. The summed E-state index contributed by atoms with van der Waals surface area (Å²) in [6.07, 6.45) is 0. The zero-order chi connectivity index (χ0) is 19.3. The third-order valence-electron chi connectivity index (χ3n) is 4.63. The minimum Gasteiger partial charge on any atom is -0.316 e. The molecule has 0 aliphatic carbocycles. The lowest BCUT2D eigenvalue weighted by atomic mass is 10.1. The lowest BCUT2D eigenvalue weighted by molar-refractivity contribution is 0.874. The highest BCUT2D eigenvalue weighted by atomic mass is 32.2. The van der Waals surface area contributed by atoms with E-state index in [9.17, 15) is 4.79 Å². The summed E-state index contributed by atoms with van der Waals surface area (Å²) in [5, 5.41) is -0.00333. The molecule has 0 radical (unpaired) electrons. The van der Waals surface area contributed by atoms with Crippen molar-refractivity contribution < 1.29 is 0 Å². The van der Waals surface area contributed by atoms with E-state index in [0.29, 0.717) is 0 Å². The molecule has 3 heteroatoms. The van der Waals surface area contributed by atoms with E-state index in [4.69, 9.17) is 0 Å². The first-order valence-corrected chi connectivity index (χ1v) is 10.2. The van der Waals surface area contributed by atoms with E-state index in [1.54, 1.807) is 23.9 Å². The van der Waals surface area contributed by atoms with Crippen LogP contribution in [0.15, 0.2) is 113 Å². The summed E-state index contributed by atoms with van der Waals surface area (Å²) in [6.45, 7) is 1.99. The number of pyridine rings is 1. The highest BCUT2D eigenvalue weighted by Gasteiger charge is 2.21. The van der Waals surface area contributed by atoms with Crippen molar-refractivity contribution >= 4 is 11.8 Å². The molecule has 4 rings (SSSR count). The smallest absolute Gasteiger partial charge is 0.182 e. The van der Waals surface area contributed by atoms with E-state index in [2.05, 4.69) is 53.1 Å². The molecule has 28 heavy (non-hydrogen) atoms. The molecule has 0 bridgehead atoms. The number of thioether (sulfide) groups is 1. The zero-order valence-corrected chi connectivity index (χ0v) is 16.5. The molecule has 0 aliphatic heterocycles. The molecule has 0 amide bonds. The number of aromatic nitrogens is 1. The number of rotatable bonds is 5. The molecule has 0 fully saturated rings. The molecule has 0 spiro atoms. The molecule has 138 valence electrons. The molecule has 0 N–H and O–H groups in total. The number of nitrogens with zero attached hydrogens (tertiary/aromatic N) is 1. The fourth-order valence-electron chi connectivity index (χ4n) is 3.41. The van der Waals surface area contributed by atoms with E-state index in [0.717, 1.165) is 17.1 Å². The highest BCUT2D eigenvalue weighted by molar-refractivity contribution is 7.99. The van der Waals surface area contributed by atoms with Gasteiger partial charge in [-0.1, -0.05) is 66.7 Å². The maximum absolute atomic E-state index is 12.5. The number of aryl methyl sites for hydroxylation is 1. The van der Waals surface area contributed by atoms with Crippen LogP contribution in [0.25, 0.3) is 5.69 Å². The summed E-state index contributed by atoms with van der Waals surface area (Å²) < 4.78 is 2.19. The zero-order valence-electron chi connectivity index (χ0n) is 15.7. The maximum Gasteiger partial charge on any atom is 0.182 e. The average molecular weight is 384 g/mol. The second kappa shape index (κ2) is 8.32. The summed E-state index contributed by atoms with van der Waals surface area (Å²) in [5.74, 6) is 0. The molecule has 1 unspecified atom stereocenters. The Labute approximate surface area is 169 Å². The van der Waals surface area contributed by atoms with Gasteiger partial charge in [-0.15, -0.1) is 11.8 Å². The first kappa shape index (κ1) is 18.3. The predicted octanol–water partition coefficient (Wildman–Crippen LogP) is 6.03. The van der Waals surface area contributed by atoms with E-state index in [1.165, 1.54) is 10.5 Å².